The lowest BCUT2D eigenvalue weighted by atomic mass is 9.97. The normalized spacial score (nSPS) is 12.5. The van der Waals surface area contributed by atoms with E-state index in [1.54, 1.807) is 0 Å². The van der Waals surface area contributed by atoms with E-state index in [-0.39, 0.29) is 11.3 Å². The summed E-state index contributed by atoms with van der Waals surface area (Å²) in [5.74, 6) is -0.379. The summed E-state index contributed by atoms with van der Waals surface area (Å²) in [6.45, 7) is 3.02. The highest BCUT2D eigenvalue weighted by atomic mass is 19.1. The quantitative estimate of drug-likeness (QED) is 0.810. The Labute approximate surface area is 107 Å². The highest BCUT2D eigenvalue weighted by Gasteiger charge is 2.13. The maximum atomic E-state index is 13.7. The van der Waals surface area contributed by atoms with Crippen LogP contribution in [-0.2, 0) is 6.42 Å². The van der Waals surface area contributed by atoms with E-state index in [4.69, 9.17) is 4.74 Å². The Morgan fingerprint density at radius 1 is 1.22 bits per heavy atom. The van der Waals surface area contributed by atoms with Crippen molar-refractivity contribution in [2.24, 2.45) is 5.92 Å². The average Bonchev–Trinajstić information content (AvgIpc) is 2.34. The van der Waals surface area contributed by atoms with Crippen LogP contribution in [-0.4, -0.2) is 20.7 Å². The molecule has 1 rings (SSSR count). The van der Waals surface area contributed by atoms with Gasteiger partial charge in [-0.25, -0.2) is 8.78 Å². The van der Waals surface area contributed by atoms with Crippen molar-refractivity contribution in [3.05, 3.63) is 29.3 Å². The van der Waals surface area contributed by atoms with Crippen LogP contribution < -0.4 is 10.1 Å². The summed E-state index contributed by atoms with van der Waals surface area (Å²) >= 11 is 0. The van der Waals surface area contributed by atoms with Crippen molar-refractivity contribution >= 4 is 0 Å². The molecule has 0 amide bonds. The Morgan fingerprint density at radius 3 is 2.33 bits per heavy atom. The van der Waals surface area contributed by atoms with E-state index in [0.29, 0.717) is 12.3 Å². The van der Waals surface area contributed by atoms with Crippen LogP contribution in [0.5, 0.6) is 5.75 Å². The minimum Gasteiger partial charge on any atom is -0.497 e. The predicted molar refractivity (Wildman–Crippen MR) is 68.9 cm³/mol. The standard InChI is InChI=1S/C14H21F2NO/c1-10(6-7-17-2)4-5-12-13(15)8-11(18-3)9-14(12)16/h8-10,17H,4-7H2,1-3H3. The number of hydrogen-bond acceptors (Lipinski definition) is 2. The number of halogens is 2. The molecule has 1 aromatic carbocycles. The van der Waals surface area contributed by atoms with E-state index in [1.165, 1.54) is 19.2 Å². The number of ether oxygens (including phenoxy) is 1. The molecular weight excluding hydrogens is 236 g/mol. The molecule has 0 aliphatic heterocycles. The highest BCUT2D eigenvalue weighted by Crippen LogP contribution is 2.23. The van der Waals surface area contributed by atoms with Gasteiger partial charge in [0.05, 0.1) is 7.11 Å². The molecule has 1 atom stereocenters. The zero-order valence-electron chi connectivity index (χ0n) is 11.2. The topological polar surface area (TPSA) is 21.3 Å². The summed E-state index contributed by atoms with van der Waals surface area (Å²) in [4.78, 5) is 0. The molecule has 0 aliphatic rings. The fourth-order valence-electron chi connectivity index (χ4n) is 1.86. The molecule has 0 radical (unpaired) electrons. The lowest BCUT2D eigenvalue weighted by molar-refractivity contribution is 0.403. The number of nitrogens with one attached hydrogen (secondary N) is 1. The second-order valence-electron chi connectivity index (χ2n) is 4.61. The largest absolute Gasteiger partial charge is 0.497 e. The molecule has 0 spiro atoms. The molecular formula is C14H21F2NO. The zero-order chi connectivity index (χ0) is 13.5. The van der Waals surface area contributed by atoms with Crippen LogP contribution in [0.2, 0.25) is 0 Å². The van der Waals surface area contributed by atoms with Crippen LogP contribution in [0.4, 0.5) is 8.78 Å². The Bertz CT molecular complexity index is 359. The molecule has 1 aromatic rings. The first kappa shape index (κ1) is 14.9. The van der Waals surface area contributed by atoms with Gasteiger partial charge in [-0.3, -0.25) is 0 Å². The van der Waals surface area contributed by atoms with Crippen molar-refractivity contribution in [1.29, 1.82) is 0 Å². The lowest BCUT2D eigenvalue weighted by Gasteiger charge is -2.12. The summed E-state index contributed by atoms with van der Waals surface area (Å²) < 4.78 is 32.2. The van der Waals surface area contributed by atoms with Crippen molar-refractivity contribution in [1.82, 2.24) is 5.32 Å². The van der Waals surface area contributed by atoms with Gasteiger partial charge in [-0.1, -0.05) is 6.92 Å². The van der Waals surface area contributed by atoms with Crippen molar-refractivity contribution in [2.75, 3.05) is 20.7 Å². The third-order valence-electron chi connectivity index (χ3n) is 3.12. The zero-order valence-corrected chi connectivity index (χ0v) is 11.2. The van der Waals surface area contributed by atoms with Gasteiger partial charge in [0.25, 0.3) is 0 Å². The van der Waals surface area contributed by atoms with Crippen molar-refractivity contribution in [3.63, 3.8) is 0 Å². The van der Waals surface area contributed by atoms with Gasteiger partial charge < -0.3 is 10.1 Å². The summed E-state index contributed by atoms with van der Waals surface area (Å²) in [5, 5.41) is 3.07. The van der Waals surface area contributed by atoms with Crippen LogP contribution in [0, 0.1) is 17.6 Å². The van der Waals surface area contributed by atoms with Crippen LogP contribution in [0.3, 0.4) is 0 Å². The molecule has 4 heteroatoms. The van der Waals surface area contributed by atoms with Crippen LogP contribution in [0.25, 0.3) is 0 Å². The fourth-order valence-corrected chi connectivity index (χ4v) is 1.86. The number of methoxy groups -OCH3 is 1. The third kappa shape index (κ3) is 4.26. The molecule has 18 heavy (non-hydrogen) atoms. The average molecular weight is 257 g/mol. The maximum absolute atomic E-state index is 13.7. The van der Waals surface area contributed by atoms with Crippen molar-refractivity contribution in [3.8, 4) is 5.75 Å². The van der Waals surface area contributed by atoms with Crippen molar-refractivity contribution < 1.29 is 13.5 Å². The maximum Gasteiger partial charge on any atom is 0.133 e. The van der Waals surface area contributed by atoms with Gasteiger partial charge in [0.1, 0.15) is 17.4 Å². The molecule has 0 heterocycles. The van der Waals surface area contributed by atoms with Gasteiger partial charge in [0.15, 0.2) is 0 Å². The Hall–Kier alpha value is -1.16. The Kier molecular flexibility index (Phi) is 6.05. The van der Waals surface area contributed by atoms with Gasteiger partial charge in [-0.05, 0) is 38.8 Å². The molecule has 1 N–H and O–H groups in total. The number of rotatable bonds is 7. The van der Waals surface area contributed by atoms with Gasteiger partial charge >= 0.3 is 0 Å². The number of hydrogen-bond donors (Lipinski definition) is 1. The second-order valence-corrected chi connectivity index (χ2v) is 4.61. The first-order valence-corrected chi connectivity index (χ1v) is 6.25. The van der Waals surface area contributed by atoms with Gasteiger partial charge in [0, 0.05) is 17.7 Å². The van der Waals surface area contributed by atoms with E-state index in [2.05, 4.69) is 12.2 Å². The van der Waals surface area contributed by atoms with E-state index < -0.39 is 11.6 Å². The van der Waals surface area contributed by atoms with Gasteiger partial charge in [0.2, 0.25) is 0 Å². The number of benzene rings is 1. The predicted octanol–water partition coefficient (Wildman–Crippen LogP) is 3.15. The van der Waals surface area contributed by atoms with Gasteiger partial charge in [-0.2, -0.15) is 0 Å². The monoisotopic (exact) mass is 257 g/mol. The van der Waals surface area contributed by atoms with E-state index >= 15 is 0 Å². The molecule has 0 saturated carbocycles. The highest BCUT2D eigenvalue weighted by molar-refractivity contribution is 5.30. The van der Waals surface area contributed by atoms with E-state index in [0.717, 1.165) is 19.4 Å². The minimum atomic E-state index is -0.521. The molecule has 0 aromatic heterocycles. The smallest absolute Gasteiger partial charge is 0.133 e. The van der Waals surface area contributed by atoms with Crippen LogP contribution in [0.1, 0.15) is 25.3 Å². The minimum absolute atomic E-state index is 0.159. The van der Waals surface area contributed by atoms with Crippen LogP contribution >= 0.6 is 0 Å². The third-order valence-corrected chi connectivity index (χ3v) is 3.12. The molecule has 1 unspecified atom stereocenters. The second kappa shape index (κ2) is 7.31. The van der Waals surface area contributed by atoms with Crippen LogP contribution in [0.15, 0.2) is 12.1 Å². The first-order valence-electron chi connectivity index (χ1n) is 6.25. The molecule has 0 fully saturated rings. The molecule has 0 aliphatic carbocycles. The summed E-state index contributed by atoms with van der Waals surface area (Å²) in [5.41, 5.74) is 0.159. The van der Waals surface area contributed by atoms with E-state index in [9.17, 15) is 8.78 Å². The SMILES string of the molecule is CNCCC(C)CCc1c(F)cc(OC)cc1F. The van der Waals surface area contributed by atoms with Gasteiger partial charge in [-0.15, -0.1) is 0 Å². The first-order chi connectivity index (χ1) is 8.58. The summed E-state index contributed by atoms with van der Waals surface area (Å²) in [6.07, 6.45) is 2.21. The Morgan fingerprint density at radius 2 is 1.83 bits per heavy atom. The Balaban J connectivity index is 2.62. The molecule has 0 saturated heterocycles. The summed E-state index contributed by atoms with van der Waals surface area (Å²) in [6, 6.07) is 2.47. The lowest BCUT2D eigenvalue weighted by Crippen LogP contribution is -2.12. The molecule has 0 bridgehead atoms. The van der Waals surface area contributed by atoms with Crippen molar-refractivity contribution in [2.45, 2.75) is 26.2 Å². The molecule has 2 nitrogen and oxygen atoms in total. The fraction of sp³-hybridized carbons (Fsp3) is 0.571. The van der Waals surface area contributed by atoms with E-state index in [1.807, 2.05) is 7.05 Å². The summed E-state index contributed by atoms with van der Waals surface area (Å²) in [7, 11) is 3.29. The molecule has 102 valence electrons.